The van der Waals surface area contributed by atoms with Crippen molar-refractivity contribution in [3.8, 4) is 0 Å². The molecule has 0 radical (unpaired) electrons. The molecule has 2 heterocycles. The van der Waals surface area contributed by atoms with Gasteiger partial charge in [-0.05, 0) is 44.6 Å². The molecule has 0 aromatic carbocycles. The Hall–Kier alpha value is -0.960. The molecule has 2 atom stereocenters. The standard InChI is InChI=1S/C13H18N2O/c1-8-11-4-3-10-5-6-16-7-12(10)13(11)15-9(2)14-8/h10,12H,3-7H2,1-2H3. The van der Waals surface area contributed by atoms with E-state index in [-0.39, 0.29) is 0 Å². The van der Waals surface area contributed by atoms with Crippen molar-refractivity contribution < 1.29 is 4.74 Å². The predicted octanol–water partition coefficient (Wildman–Crippen LogP) is 2.16. The van der Waals surface area contributed by atoms with E-state index in [4.69, 9.17) is 4.74 Å². The smallest absolute Gasteiger partial charge is 0.125 e. The summed E-state index contributed by atoms with van der Waals surface area (Å²) in [4.78, 5) is 9.14. The Bertz CT molecular complexity index is 417. The first-order chi connectivity index (χ1) is 7.75. The Kier molecular flexibility index (Phi) is 2.43. The highest BCUT2D eigenvalue weighted by atomic mass is 16.5. The summed E-state index contributed by atoms with van der Waals surface area (Å²) in [6, 6.07) is 0. The molecule has 2 aliphatic rings. The number of aryl methyl sites for hydroxylation is 2. The number of hydrogen-bond donors (Lipinski definition) is 0. The SMILES string of the molecule is Cc1nc(C)c2c(n1)C1COCCC1CC2. The van der Waals surface area contributed by atoms with E-state index in [1.165, 1.54) is 29.8 Å². The summed E-state index contributed by atoms with van der Waals surface area (Å²) < 4.78 is 5.62. The van der Waals surface area contributed by atoms with Crippen LogP contribution in [0.2, 0.25) is 0 Å². The van der Waals surface area contributed by atoms with Crippen molar-refractivity contribution in [2.45, 2.75) is 39.0 Å². The second-order valence-electron chi connectivity index (χ2n) is 4.99. The van der Waals surface area contributed by atoms with Crippen molar-refractivity contribution in [2.75, 3.05) is 13.2 Å². The maximum absolute atomic E-state index is 5.62. The van der Waals surface area contributed by atoms with Gasteiger partial charge in [0, 0.05) is 18.2 Å². The lowest BCUT2D eigenvalue weighted by Gasteiger charge is -2.36. The predicted molar refractivity (Wildman–Crippen MR) is 61.5 cm³/mol. The molecule has 0 N–H and O–H groups in total. The number of ether oxygens (including phenoxy) is 1. The average molecular weight is 218 g/mol. The van der Waals surface area contributed by atoms with Crippen LogP contribution in [-0.4, -0.2) is 23.2 Å². The van der Waals surface area contributed by atoms with Crippen LogP contribution >= 0.6 is 0 Å². The first-order valence-electron chi connectivity index (χ1n) is 6.17. The monoisotopic (exact) mass is 218 g/mol. The molecule has 0 bridgehead atoms. The maximum atomic E-state index is 5.62. The van der Waals surface area contributed by atoms with E-state index in [2.05, 4.69) is 16.9 Å². The molecule has 1 aromatic heterocycles. The van der Waals surface area contributed by atoms with Gasteiger partial charge >= 0.3 is 0 Å². The van der Waals surface area contributed by atoms with Crippen LogP contribution in [0.4, 0.5) is 0 Å². The molecule has 3 nitrogen and oxygen atoms in total. The van der Waals surface area contributed by atoms with Gasteiger partial charge in [0.05, 0.1) is 12.3 Å². The van der Waals surface area contributed by atoms with Crippen molar-refractivity contribution in [2.24, 2.45) is 5.92 Å². The fourth-order valence-electron chi connectivity index (χ4n) is 3.14. The molecule has 0 saturated carbocycles. The van der Waals surface area contributed by atoms with Crippen LogP contribution in [-0.2, 0) is 11.2 Å². The lowest BCUT2D eigenvalue weighted by molar-refractivity contribution is 0.0387. The molecule has 2 unspecified atom stereocenters. The Morgan fingerprint density at radius 1 is 1.19 bits per heavy atom. The quantitative estimate of drug-likeness (QED) is 0.669. The highest BCUT2D eigenvalue weighted by Crippen LogP contribution is 2.40. The molecule has 3 rings (SSSR count). The Balaban J connectivity index is 2.06. The van der Waals surface area contributed by atoms with Crippen LogP contribution in [0.25, 0.3) is 0 Å². The Morgan fingerprint density at radius 3 is 2.94 bits per heavy atom. The van der Waals surface area contributed by atoms with E-state index in [9.17, 15) is 0 Å². The number of rotatable bonds is 0. The van der Waals surface area contributed by atoms with Gasteiger partial charge in [0.25, 0.3) is 0 Å². The maximum Gasteiger partial charge on any atom is 0.125 e. The van der Waals surface area contributed by atoms with Crippen LogP contribution in [0, 0.1) is 19.8 Å². The zero-order valence-electron chi connectivity index (χ0n) is 9.99. The molecule has 0 amide bonds. The molecular weight excluding hydrogens is 200 g/mol. The largest absolute Gasteiger partial charge is 0.381 e. The highest BCUT2D eigenvalue weighted by molar-refractivity contribution is 5.31. The molecule has 1 saturated heterocycles. The fraction of sp³-hybridized carbons (Fsp3) is 0.692. The van der Waals surface area contributed by atoms with Gasteiger partial charge in [-0.1, -0.05) is 0 Å². The van der Waals surface area contributed by atoms with Crippen LogP contribution < -0.4 is 0 Å². The molecule has 1 aromatic rings. The molecule has 0 spiro atoms. The number of fused-ring (bicyclic) bond motifs is 3. The number of nitrogens with zero attached hydrogens (tertiary/aromatic N) is 2. The minimum absolute atomic E-state index is 0.526. The summed E-state index contributed by atoms with van der Waals surface area (Å²) in [5, 5.41) is 0. The summed E-state index contributed by atoms with van der Waals surface area (Å²) in [5.74, 6) is 2.22. The van der Waals surface area contributed by atoms with Gasteiger partial charge in [-0.2, -0.15) is 0 Å². The van der Waals surface area contributed by atoms with Crippen LogP contribution in [0.15, 0.2) is 0 Å². The topological polar surface area (TPSA) is 35.0 Å². The van der Waals surface area contributed by atoms with Crippen molar-refractivity contribution in [3.05, 3.63) is 22.8 Å². The Morgan fingerprint density at radius 2 is 2.06 bits per heavy atom. The zero-order chi connectivity index (χ0) is 11.1. The summed E-state index contributed by atoms with van der Waals surface area (Å²) >= 11 is 0. The third-order valence-electron chi connectivity index (χ3n) is 3.97. The lowest BCUT2D eigenvalue weighted by Crippen LogP contribution is -2.32. The van der Waals surface area contributed by atoms with Crippen molar-refractivity contribution in [1.82, 2.24) is 9.97 Å². The van der Waals surface area contributed by atoms with Gasteiger partial charge < -0.3 is 4.74 Å². The van der Waals surface area contributed by atoms with E-state index < -0.39 is 0 Å². The zero-order valence-corrected chi connectivity index (χ0v) is 9.99. The van der Waals surface area contributed by atoms with Gasteiger partial charge in [0.2, 0.25) is 0 Å². The first kappa shape index (κ1) is 10.2. The van der Waals surface area contributed by atoms with E-state index in [1.54, 1.807) is 0 Å². The molecule has 1 aliphatic heterocycles. The van der Waals surface area contributed by atoms with Crippen molar-refractivity contribution >= 4 is 0 Å². The second kappa shape index (κ2) is 3.81. The van der Waals surface area contributed by atoms with Crippen LogP contribution in [0.5, 0.6) is 0 Å². The highest BCUT2D eigenvalue weighted by Gasteiger charge is 2.34. The van der Waals surface area contributed by atoms with E-state index in [0.29, 0.717) is 5.92 Å². The summed E-state index contributed by atoms with van der Waals surface area (Å²) in [7, 11) is 0. The fourth-order valence-corrected chi connectivity index (χ4v) is 3.14. The average Bonchev–Trinajstić information content (AvgIpc) is 2.28. The molecule has 1 aliphatic carbocycles. The number of aromatic nitrogens is 2. The van der Waals surface area contributed by atoms with Gasteiger partial charge in [-0.3, -0.25) is 0 Å². The third-order valence-corrected chi connectivity index (χ3v) is 3.97. The summed E-state index contributed by atoms with van der Waals surface area (Å²) in [5.41, 5.74) is 3.84. The molecule has 3 heteroatoms. The normalized spacial score (nSPS) is 28.4. The van der Waals surface area contributed by atoms with Crippen LogP contribution in [0.1, 0.15) is 41.5 Å². The minimum Gasteiger partial charge on any atom is -0.381 e. The van der Waals surface area contributed by atoms with Gasteiger partial charge in [0.15, 0.2) is 0 Å². The van der Waals surface area contributed by atoms with Gasteiger partial charge in [-0.25, -0.2) is 9.97 Å². The molecule has 86 valence electrons. The molecule has 1 fully saturated rings. The lowest BCUT2D eigenvalue weighted by atomic mass is 9.75. The van der Waals surface area contributed by atoms with Crippen molar-refractivity contribution in [3.63, 3.8) is 0 Å². The summed E-state index contributed by atoms with van der Waals surface area (Å²) in [6.45, 7) is 5.88. The van der Waals surface area contributed by atoms with Crippen molar-refractivity contribution in [1.29, 1.82) is 0 Å². The molecular formula is C13H18N2O. The summed E-state index contributed by atoms with van der Waals surface area (Å²) in [6.07, 6.45) is 3.64. The first-order valence-corrected chi connectivity index (χ1v) is 6.17. The number of hydrogen-bond acceptors (Lipinski definition) is 3. The van der Waals surface area contributed by atoms with E-state index in [1.807, 2.05) is 6.92 Å². The van der Waals surface area contributed by atoms with Gasteiger partial charge in [-0.15, -0.1) is 0 Å². The van der Waals surface area contributed by atoms with Crippen LogP contribution in [0.3, 0.4) is 0 Å². The van der Waals surface area contributed by atoms with E-state index in [0.717, 1.165) is 31.4 Å². The Labute approximate surface area is 96.3 Å². The molecule has 16 heavy (non-hydrogen) atoms. The minimum atomic E-state index is 0.526. The van der Waals surface area contributed by atoms with E-state index >= 15 is 0 Å². The third kappa shape index (κ3) is 1.54. The van der Waals surface area contributed by atoms with Gasteiger partial charge in [0.1, 0.15) is 5.82 Å². The second-order valence-corrected chi connectivity index (χ2v) is 4.99.